The number of hydrogen-bond donors (Lipinski definition) is 0. The molecule has 1 saturated carbocycles. The van der Waals surface area contributed by atoms with Crippen LogP contribution in [-0.2, 0) is 0 Å². The first kappa shape index (κ1) is 7.00. The monoisotopic (exact) mass is 174 g/mol. The Hall–Kier alpha value is -1.45. The zero-order valence-electron chi connectivity index (χ0n) is 7.22. The summed E-state index contributed by atoms with van der Waals surface area (Å²) in [7, 11) is 0. The number of nitrogens with zero attached hydrogens (tertiary/aromatic N) is 4. The van der Waals surface area contributed by atoms with Crippen molar-refractivity contribution in [3.8, 4) is 0 Å². The Bertz CT molecular complexity index is 430. The molecule has 4 nitrogen and oxygen atoms in total. The standard InChI is InChI=1S/C9H10N4/c1-2-7(3-1)13-6-12-8-4-10-5-11-9(8)13/h4-7H,1-3H2. The summed E-state index contributed by atoms with van der Waals surface area (Å²) < 4.78 is 2.17. The van der Waals surface area contributed by atoms with Crippen LogP contribution in [-0.4, -0.2) is 19.5 Å². The first-order chi connectivity index (χ1) is 6.45. The van der Waals surface area contributed by atoms with Crippen molar-refractivity contribution >= 4 is 11.2 Å². The maximum Gasteiger partial charge on any atom is 0.163 e. The predicted octanol–water partition coefficient (Wildman–Crippen LogP) is 1.55. The van der Waals surface area contributed by atoms with Crippen LogP contribution in [0.1, 0.15) is 25.3 Å². The lowest BCUT2D eigenvalue weighted by molar-refractivity contribution is 0.319. The molecule has 0 spiro atoms. The molecule has 0 amide bonds. The summed E-state index contributed by atoms with van der Waals surface area (Å²) in [5, 5.41) is 0. The smallest absolute Gasteiger partial charge is 0.163 e. The lowest BCUT2D eigenvalue weighted by Crippen LogP contribution is -2.16. The third-order valence-electron chi connectivity index (χ3n) is 2.71. The third-order valence-corrected chi connectivity index (χ3v) is 2.71. The molecule has 3 rings (SSSR count). The third kappa shape index (κ3) is 0.946. The van der Waals surface area contributed by atoms with Gasteiger partial charge in [-0.25, -0.2) is 15.0 Å². The van der Waals surface area contributed by atoms with Gasteiger partial charge in [-0.1, -0.05) is 0 Å². The van der Waals surface area contributed by atoms with E-state index in [1.54, 1.807) is 12.5 Å². The SMILES string of the molecule is c1ncc2ncn(C3CCC3)c2n1. The van der Waals surface area contributed by atoms with E-state index in [0.29, 0.717) is 6.04 Å². The molecule has 0 unspecified atom stereocenters. The van der Waals surface area contributed by atoms with E-state index in [1.165, 1.54) is 19.3 Å². The Morgan fingerprint density at radius 3 is 3.00 bits per heavy atom. The van der Waals surface area contributed by atoms with Crippen LogP contribution < -0.4 is 0 Å². The number of fused-ring (bicyclic) bond motifs is 1. The largest absolute Gasteiger partial charge is 0.312 e. The molecule has 0 atom stereocenters. The highest BCUT2D eigenvalue weighted by Crippen LogP contribution is 2.32. The van der Waals surface area contributed by atoms with Gasteiger partial charge in [-0.3, -0.25) is 0 Å². The van der Waals surface area contributed by atoms with Crippen LogP contribution in [0.25, 0.3) is 11.2 Å². The van der Waals surface area contributed by atoms with Gasteiger partial charge < -0.3 is 4.57 Å². The van der Waals surface area contributed by atoms with Gasteiger partial charge in [0.05, 0.1) is 12.5 Å². The van der Waals surface area contributed by atoms with Gasteiger partial charge in [0.2, 0.25) is 0 Å². The van der Waals surface area contributed by atoms with Crippen LogP contribution in [0.3, 0.4) is 0 Å². The molecule has 1 fully saturated rings. The fraction of sp³-hybridized carbons (Fsp3) is 0.444. The van der Waals surface area contributed by atoms with Crippen molar-refractivity contribution in [2.75, 3.05) is 0 Å². The number of rotatable bonds is 1. The van der Waals surface area contributed by atoms with Gasteiger partial charge in [-0.15, -0.1) is 0 Å². The summed E-state index contributed by atoms with van der Waals surface area (Å²) >= 11 is 0. The predicted molar refractivity (Wildman–Crippen MR) is 48.2 cm³/mol. The first-order valence-electron chi connectivity index (χ1n) is 4.58. The van der Waals surface area contributed by atoms with Crippen LogP contribution >= 0.6 is 0 Å². The molecule has 4 heteroatoms. The van der Waals surface area contributed by atoms with Gasteiger partial charge in [-0.2, -0.15) is 0 Å². The molecule has 1 aliphatic rings. The highest BCUT2D eigenvalue weighted by molar-refractivity contribution is 5.69. The number of hydrogen-bond acceptors (Lipinski definition) is 3. The molecule has 0 bridgehead atoms. The maximum absolute atomic E-state index is 4.26. The summed E-state index contributed by atoms with van der Waals surface area (Å²) in [4.78, 5) is 12.4. The van der Waals surface area contributed by atoms with Crippen LogP contribution in [0.15, 0.2) is 18.9 Å². The van der Waals surface area contributed by atoms with E-state index in [4.69, 9.17) is 0 Å². The van der Waals surface area contributed by atoms with E-state index >= 15 is 0 Å². The Kier molecular flexibility index (Phi) is 1.36. The quantitative estimate of drug-likeness (QED) is 0.658. The van der Waals surface area contributed by atoms with Crippen LogP contribution in [0.5, 0.6) is 0 Å². The van der Waals surface area contributed by atoms with Crippen molar-refractivity contribution in [3.05, 3.63) is 18.9 Å². The second-order valence-electron chi connectivity index (χ2n) is 3.47. The van der Waals surface area contributed by atoms with Crippen LogP contribution in [0.4, 0.5) is 0 Å². The molecule has 0 aliphatic heterocycles. The highest BCUT2D eigenvalue weighted by Gasteiger charge is 2.21. The lowest BCUT2D eigenvalue weighted by Gasteiger charge is -2.26. The zero-order valence-corrected chi connectivity index (χ0v) is 7.22. The van der Waals surface area contributed by atoms with E-state index < -0.39 is 0 Å². The van der Waals surface area contributed by atoms with Gasteiger partial charge in [0, 0.05) is 6.04 Å². The topological polar surface area (TPSA) is 43.6 Å². The average molecular weight is 174 g/mol. The Morgan fingerprint density at radius 2 is 2.23 bits per heavy atom. The van der Waals surface area contributed by atoms with Gasteiger partial charge in [0.1, 0.15) is 11.8 Å². The van der Waals surface area contributed by atoms with Crippen LogP contribution in [0, 0.1) is 0 Å². The van der Waals surface area contributed by atoms with Gasteiger partial charge in [-0.05, 0) is 19.3 Å². The summed E-state index contributed by atoms with van der Waals surface area (Å²) in [6, 6.07) is 0.625. The van der Waals surface area contributed by atoms with Crippen molar-refractivity contribution in [2.45, 2.75) is 25.3 Å². The fourth-order valence-corrected chi connectivity index (χ4v) is 1.72. The molecule has 0 radical (unpaired) electrons. The normalized spacial score (nSPS) is 17.5. The lowest BCUT2D eigenvalue weighted by atomic mass is 9.93. The minimum atomic E-state index is 0.625. The highest BCUT2D eigenvalue weighted by atomic mass is 15.1. The molecular formula is C9H10N4. The van der Waals surface area contributed by atoms with Crippen molar-refractivity contribution < 1.29 is 0 Å². The number of aromatic nitrogens is 4. The van der Waals surface area contributed by atoms with Crippen LogP contribution in [0.2, 0.25) is 0 Å². The molecule has 1 aliphatic carbocycles. The van der Waals surface area contributed by atoms with Gasteiger partial charge in [0.15, 0.2) is 5.65 Å². The summed E-state index contributed by atoms with van der Waals surface area (Å²) in [5.41, 5.74) is 1.87. The maximum atomic E-state index is 4.26. The van der Waals surface area contributed by atoms with Crippen molar-refractivity contribution in [1.29, 1.82) is 0 Å². The molecule has 2 aromatic rings. The first-order valence-corrected chi connectivity index (χ1v) is 4.58. The fourth-order valence-electron chi connectivity index (χ4n) is 1.72. The van der Waals surface area contributed by atoms with E-state index in [2.05, 4.69) is 19.5 Å². The van der Waals surface area contributed by atoms with Crippen molar-refractivity contribution in [2.24, 2.45) is 0 Å². The van der Waals surface area contributed by atoms with Gasteiger partial charge in [0.25, 0.3) is 0 Å². The van der Waals surface area contributed by atoms with E-state index in [1.807, 2.05) is 6.33 Å². The minimum absolute atomic E-state index is 0.625. The van der Waals surface area contributed by atoms with Crippen molar-refractivity contribution in [3.63, 3.8) is 0 Å². The molecular weight excluding hydrogens is 164 g/mol. The Balaban J connectivity index is 2.17. The molecule has 0 saturated heterocycles. The molecule has 66 valence electrons. The van der Waals surface area contributed by atoms with E-state index in [9.17, 15) is 0 Å². The van der Waals surface area contributed by atoms with E-state index in [0.717, 1.165) is 11.2 Å². The second-order valence-corrected chi connectivity index (χ2v) is 3.47. The molecule has 13 heavy (non-hydrogen) atoms. The average Bonchev–Trinajstić information content (AvgIpc) is 2.47. The van der Waals surface area contributed by atoms with Crippen molar-refractivity contribution in [1.82, 2.24) is 19.5 Å². The summed E-state index contributed by atoms with van der Waals surface area (Å²) in [6.07, 6.45) is 9.07. The molecule has 2 heterocycles. The molecule has 2 aromatic heterocycles. The molecule has 0 aromatic carbocycles. The minimum Gasteiger partial charge on any atom is -0.312 e. The van der Waals surface area contributed by atoms with Gasteiger partial charge >= 0.3 is 0 Å². The number of imidazole rings is 1. The van der Waals surface area contributed by atoms with E-state index in [-0.39, 0.29) is 0 Å². The molecule has 0 N–H and O–H groups in total. The second kappa shape index (κ2) is 2.52. The summed E-state index contributed by atoms with van der Waals surface area (Å²) in [5.74, 6) is 0. The Morgan fingerprint density at radius 1 is 1.31 bits per heavy atom. The zero-order chi connectivity index (χ0) is 8.67. The Labute approximate surface area is 75.6 Å². The summed E-state index contributed by atoms with van der Waals surface area (Å²) in [6.45, 7) is 0.